The van der Waals surface area contributed by atoms with Crippen molar-refractivity contribution < 1.29 is 14.4 Å². The molecule has 0 amide bonds. The maximum atomic E-state index is 11.8. The van der Waals surface area contributed by atoms with Gasteiger partial charge in [0, 0.05) is 32.5 Å². The molecule has 3 aromatic carbocycles. The molecule has 0 aliphatic carbocycles. The number of rotatable bonds is 3. The molecule has 1 aliphatic heterocycles. The normalized spacial score (nSPS) is 18.6. The number of hydrogen-bond donors (Lipinski definition) is 0. The van der Waals surface area contributed by atoms with Gasteiger partial charge in [-0.2, -0.15) is 0 Å². The lowest BCUT2D eigenvalue weighted by molar-refractivity contribution is -0.535. The maximum absolute atomic E-state index is 11.8. The highest BCUT2D eigenvalue weighted by molar-refractivity contribution is 6.35. The molecule has 2 unspecified atom stereocenters. The summed E-state index contributed by atoms with van der Waals surface area (Å²) in [5.41, 5.74) is 1.36. The van der Waals surface area contributed by atoms with Gasteiger partial charge in [-0.05, 0) is 41.1 Å². The molecule has 0 saturated heterocycles. The molecule has 0 bridgehead atoms. The zero-order valence-corrected chi connectivity index (χ0v) is 15.8. The largest absolute Gasteiger partial charge is 0.497 e. The Balaban J connectivity index is 1.85. The minimum atomic E-state index is -0.965. The van der Waals surface area contributed by atoms with Crippen molar-refractivity contribution in [1.82, 2.24) is 0 Å². The molecule has 1 aliphatic rings. The van der Waals surface area contributed by atoms with Crippen molar-refractivity contribution in [2.75, 3.05) is 7.11 Å². The van der Waals surface area contributed by atoms with Crippen molar-refractivity contribution >= 4 is 34.0 Å². The van der Waals surface area contributed by atoms with Crippen molar-refractivity contribution in [1.29, 1.82) is 0 Å². The van der Waals surface area contributed by atoms with Crippen LogP contribution in [0.4, 0.5) is 0 Å². The molecule has 1 heterocycles. The van der Waals surface area contributed by atoms with Crippen molar-refractivity contribution in [3.05, 3.63) is 79.8 Å². The van der Waals surface area contributed by atoms with E-state index in [4.69, 9.17) is 32.7 Å². The van der Waals surface area contributed by atoms with Gasteiger partial charge in [-0.1, -0.05) is 41.4 Å². The van der Waals surface area contributed by atoms with E-state index >= 15 is 0 Å². The summed E-state index contributed by atoms with van der Waals surface area (Å²) in [6.07, 6.45) is -0.559. The van der Waals surface area contributed by atoms with E-state index < -0.39 is 12.1 Å². The summed E-state index contributed by atoms with van der Waals surface area (Å²) in [6.45, 7) is 0. The Morgan fingerprint density at radius 3 is 2.63 bits per heavy atom. The summed E-state index contributed by atoms with van der Waals surface area (Å²) >= 11 is 12.2. The molecule has 5 nitrogen and oxygen atoms in total. The van der Waals surface area contributed by atoms with Gasteiger partial charge in [0.15, 0.2) is 6.10 Å². The second kappa shape index (κ2) is 6.91. The lowest BCUT2D eigenvalue weighted by Gasteiger charge is -2.30. The molecule has 0 saturated carbocycles. The molecule has 138 valence electrons. The van der Waals surface area contributed by atoms with Crippen LogP contribution in [0.3, 0.4) is 0 Å². The number of halogens is 2. The zero-order chi connectivity index (χ0) is 19.1. The molecule has 0 radical (unpaired) electrons. The maximum Gasteiger partial charge on any atom is 0.257 e. The standard InChI is InChI=1S/C20H15Cl2NO4/c1-26-13-5-2-11-3-7-19-16(15(11)9-13)10-18(23(24)25)20(27-19)14-6-4-12(21)8-17(14)22/h2-9,18,20H,10H2,1H3. The first-order valence-corrected chi connectivity index (χ1v) is 9.08. The minimum Gasteiger partial charge on any atom is -0.497 e. The summed E-state index contributed by atoms with van der Waals surface area (Å²) in [5.74, 6) is 1.31. The third-order valence-electron chi connectivity index (χ3n) is 4.85. The number of fused-ring (bicyclic) bond motifs is 3. The lowest BCUT2D eigenvalue weighted by atomic mass is 9.90. The van der Waals surface area contributed by atoms with Gasteiger partial charge in [-0.3, -0.25) is 10.1 Å². The van der Waals surface area contributed by atoms with Crippen LogP contribution < -0.4 is 9.47 Å². The third kappa shape index (κ3) is 3.17. The highest BCUT2D eigenvalue weighted by Gasteiger charge is 2.41. The summed E-state index contributed by atoms with van der Waals surface area (Å²) in [7, 11) is 1.59. The fraction of sp³-hybridized carbons (Fsp3) is 0.200. The average molecular weight is 404 g/mol. The molecule has 7 heteroatoms. The van der Waals surface area contributed by atoms with E-state index in [1.165, 1.54) is 0 Å². The Morgan fingerprint density at radius 1 is 1.15 bits per heavy atom. The van der Waals surface area contributed by atoms with Crippen LogP contribution in [0, 0.1) is 10.1 Å². The SMILES string of the molecule is COc1ccc2ccc3c(c2c1)CC([N+](=O)[O-])C(c1ccc(Cl)cc1Cl)O3. The van der Waals surface area contributed by atoms with Crippen LogP contribution in [0.1, 0.15) is 17.2 Å². The minimum absolute atomic E-state index is 0.233. The van der Waals surface area contributed by atoms with Crippen LogP contribution in [-0.4, -0.2) is 18.1 Å². The lowest BCUT2D eigenvalue weighted by Crippen LogP contribution is -2.37. The van der Waals surface area contributed by atoms with Gasteiger partial charge in [0.1, 0.15) is 11.5 Å². The topological polar surface area (TPSA) is 61.6 Å². The molecule has 0 spiro atoms. The van der Waals surface area contributed by atoms with Gasteiger partial charge >= 0.3 is 0 Å². The van der Waals surface area contributed by atoms with Gasteiger partial charge in [0.05, 0.1) is 7.11 Å². The summed E-state index contributed by atoms with van der Waals surface area (Å²) in [6, 6.07) is 13.4. The van der Waals surface area contributed by atoms with Crippen LogP contribution >= 0.6 is 23.2 Å². The van der Waals surface area contributed by atoms with Crippen LogP contribution in [0.5, 0.6) is 11.5 Å². The van der Waals surface area contributed by atoms with E-state index in [0.717, 1.165) is 16.3 Å². The predicted octanol–water partition coefficient (Wildman–Crippen LogP) is 5.48. The van der Waals surface area contributed by atoms with Gasteiger partial charge in [-0.15, -0.1) is 0 Å². The van der Waals surface area contributed by atoms with E-state index in [1.807, 2.05) is 30.3 Å². The van der Waals surface area contributed by atoms with E-state index in [0.29, 0.717) is 27.1 Å². The first-order valence-electron chi connectivity index (χ1n) is 8.32. The second-order valence-electron chi connectivity index (χ2n) is 6.39. The number of hydrogen-bond acceptors (Lipinski definition) is 4. The molecule has 4 rings (SSSR count). The smallest absolute Gasteiger partial charge is 0.257 e. The van der Waals surface area contributed by atoms with Crippen LogP contribution in [-0.2, 0) is 6.42 Å². The van der Waals surface area contributed by atoms with Gasteiger partial charge in [0.2, 0.25) is 0 Å². The summed E-state index contributed by atoms with van der Waals surface area (Å²) in [4.78, 5) is 11.5. The van der Waals surface area contributed by atoms with Crippen LogP contribution in [0.2, 0.25) is 10.0 Å². The Bertz CT molecular complexity index is 1050. The Labute approximate surface area is 165 Å². The highest BCUT2D eigenvalue weighted by Crippen LogP contribution is 2.42. The molecule has 27 heavy (non-hydrogen) atoms. The average Bonchev–Trinajstić information content (AvgIpc) is 2.66. The molecule has 0 N–H and O–H groups in total. The summed E-state index contributed by atoms with van der Waals surface area (Å²) in [5, 5.41) is 14.5. The number of nitrogens with zero attached hydrogens (tertiary/aromatic N) is 1. The number of nitro groups is 1. The fourth-order valence-electron chi connectivity index (χ4n) is 3.51. The predicted molar refractivity (Wildman–Crippen MR) is 105 cm³/mol. The molecule has 2 atom stereocenters. The van der Waals surface area contributed by atoms with Crippen LogP contribution in [0.25, 0.3) is 10.8 Å². The molecule has 0 fully saturated rings. The Morgan fingerprint density at radius 2 is 1.93 bits per heavy atom. The molecular weight excluding hydrogens is 389 g/mol. The summed E-state index contributed by atoms with van der Waals surface area (Å²) < 4.78 is 11.4. The first kappa shape index (κ1) is 17.9. The van der Waals surface area contributed by atoms with Crippen LogP contribution in [0.15, 0.2) is 48.5 Å². The molecule has 3 aromatic rings. The number of benzene rings is 3. The van der Waals surface area contributed by atoms with Gasteiger partial charge < -0.3 is 9.47 Å². The van der Waals surface area contributed by atoms with E-state index in [1.54, 1.807) is 25.3 Å². The molecular formula is C20H15Cl2NO4. The van der Waals surface area contributed by atoms with Crippen molar-refractivity contribution in [3.63, 3.8) is 0 Å². The quantitative estimate of drug-likeness (QED) is 0.429. The first-order chi connectivity index (χ1) is 13.0. The van der Waals surface area contributed by atoms with Crippen molar-refractivity contribution in [3.8, 4) is 11.5 Å². The van der Waals surface area contributed by atoms with E-state index in [-0.39, 0.29) is 11.3 Å². The number of methoxy groups -OCH3 is 1. The van der Waals surface area contributed by atoms with Gasteiger partial charge in [-0.25, -0.2) is 0 Å². The van der Waals surface area contributed by atoms with Crippen molar-refractivity contribution in [2.45, 2.75) is 18.6 Å². The zero-order valence-electron chi connectivity index (χ0n) is 14.3. The van der Waals surface area contributed by atoms with E-state index in [9.17, 15) is 10.1 Å². The Kier molecular flexibility index (Phi) is 4.58. The van der Waals surface area contributed by atoms with E-state index in [2.05, 4.69) is 0 Å². The second-order valence-corrected chi connectivity index (χ2v) is 7.23. The molecule has 0 aromatic heterocycles. The third-order valence-corrected chi connectivity index (χ3v) is 5.42. The fourth-order valence-corrected chi connectivity index (χ4v) is 4.02. The monoisotopic (exact) mass is 403 g/mol. The highest BCUT2D eigenvalue weighted by atomic mass is 35.5. The van der Waals surface area contributed by atoms with Crippen molar-refractivity contribution in [2.24, 2.45) is 0 Å². The Hall–Kier alpha value is -2.50. The van der Waals surface area contributed by atoms with Gasteiger partial charge in [0.25, 0.3) is 6.04 Å². The number of ether oxygens (including phenoxy) is 2.